The van der Waals surface area contributed by atoms with Gasteiger partial charge in [-0.05, 0) is 26.0 Å². The Morgan fingerprint density at radius 3 is 2.59 bits per heavy atom. The molecule has 146 valence electrons. The van der Waals surface area contributed by atoms with Gasteiger partial charge in [-0.25, -0.2) is 19.2 Å². The molecule has 4 aromatic heterocycles. The monoisotopic (exact) mass is 406 g/mol. The van der Waals surface area contributed by atoms with Crippen LogP contribution in [0.4, 0.5) is 0 Å². The SMILES string of the molecule is Cc1nn(CC(C)c2nc3c4cnn(-c5ccccc5)c4ncn3n2)c(C)c1Cl. The minimum Gasteiger partial charge on any atom is -0.267 e. The van der Waals surface area contributed by atoms with Gasteiger partial charge in [0.15, 0.2) is 17.1 Å². The molecule has 9 heteroatoms. The van der Waals surface area contributed by atoms with Gasteiger partial charge < -0.3 is 0 Å². The normalized spacial score (nSPS) is 12.8. The number of rotatable bonds is 4. The van der Waals surface area contributed by atoms with Crippen molar-refractivity contribution in [3.63, 3.8) is 0 Å². The van der Waals surface area contributed by atoms with Gasteiger partial charge in [-0.3, -0.25) is 4.68 Å². The smallest absolute Gasteiger partial charge is 0.170 e. The molecule has 0 fully saturated rings. The van der Waals surface area contributed by atoms with E-state index in [-0.39, 0.29) is 5.92 Å². The Balaban J connectivity index is 1.54. The first-order chi connectivity index (χ1) is 14.0. The third kappa shape index (κ3) is 2.87. The fraction of sp³-hybridized carbons (Fsp3) is 0.250. The lowest BCUT2D eigenvalue weighted by atomic mass is 10.1. The van der Waals surface area contributed by atoms with Crippen LogP contribution in [0.1, 0.15) is 30.1 Å². The Labute approximate surface area is 171 Å². The Morgan fingerprint density at radius 2 is 1.86 bits per heavy atom. The van der Waals surface area contributed by atoms with Gasteiger partial charge in [0.2, 0.25) is 0 Å². The van der Waals surface area contributed by atoms with Crippen molar-refractivity contribution in [3.05, 3.63) is 65.1 Å². The number of benzene rings is 1. The van der Waals surface area contributed by atoms with Gasteiger partial charge in [-0.15, -0.1) is 5.10 Å². The van der Waals surface area contributed by atoms with E-state index in [0.717, 1.165) is 39.6 Å². The molecule has 0 bridgehead atoms. The van der Waals surface area contributed by atoms with Crippen molar-refractivity contribution in [2.24, 2.45) is 0 Å². The number of aromatic nitrogens is 8. The lowest BCUT2D eigenvalue weighted by Crippen LogP contribution is -2.10. The zero-order chi connectivity index (χ0) is 20.1. The summed E-state index contributed by atoms with van der Waals surface area (Å²) in [6.45, 7) is 6.61. The van der Waals surface area contributed by atoms with Crippen LogP contribution in [-0.4, -0.2) is 39.1 Å². The maximum absolute atomic E-state index is 6.27. The van der Waals surface area contributed by atoms with Gasteiger partial charge in [0, 0.05) is 5.92 Å². The molecule has 0 amide bonds. The number of hydrogen-bond donors (Lipinski definition) is 0. The molecule has 29 heavy (non-hydrogen) atoms. The number of hydrogen-bond acceptors (Lipinski definition) is 5. The number of nitrogens with zero attached hydrogens (tertiary/aromatic N) is 8. The molecule has 0 aliphatic carbocycles. The van der Waals surface area contributed by atoms with E-state index in [1.807, 2.05) is 53.5 Å². The molecule has 5 rings (SSSR count). The van der Waals surface area contributed by atoms with E-state index in [0.29, 0.717) is 11.6 Å². The van der Waals surface area contributed by atoms with Crippen LogP contribution in [0.2, 0.25) is 5.02 Å². The molecule has 1 unspecified atom stereocenters. The highest BCUT2D eigenvalue weighted by Gasteiger charge is 2.19. The average Bonchev–Trinajstić information content (AvgIpc) is 3.41. The quantitative estimate of drug-likeness (QED) is 0.454. The van der Waals surface area contributed by atoms with Crippen molar-refractivity contribution in [2.45, 2.75) is 33.2 Å². The first-order valence-corrected chi connectivity index (χ1v) is 9.74. The van der Waals surface area contributed by atoms with Crippen LogP contribution in [0.25, 0.3) is 22.4 Å². The summed E-state index contributed by atoms with van der Waals surface area (Å²) in [5.74, 6) is 0.790. The highest BCUT2D eigenvalue weighted by molar-refractivity contribution is 6.31. The molecule has 0 N–H and O–H groups in total. The fourth-order valence-electron chi connectivity index (χ4n) is 3.50. The van der Waals surface area contributed by atoms with Crippen LogP contribution >= 0.6 is 11.6 Å². The first-order valence-electron chi connectivity index (χ1n) is 9.37. The van der Waals surface area contributed by atoms with Crippen LogP contribution in [0, 0.1) is 13.8 Å². The van der Waals surface area contributed by atoms with Crippen molar-refractivity contribution in [2.75, 3.05) is 0 Å². The predicted octanol–water partition coefficient (Wildman–Crippen LogP) is 3.73. The summed E-state index contributed by atoms with van der Waals surface area (Å²) in [5.41, 5.74) is 4.23. The minimum atomic E-state index is 0.0585. The van der Waals surface area contributed by atoms with Gasteiger partial charge >= 0.3 is 0 Å². The molecular formula is C20H19ClN8. The maximum atomic E-state index is 6.27. The zero-order valence-corrected chi connectivity index (χ0v) is 17.0. The van der Waals surface area contributed by atoms with E-state index in [2.05, 4.69) is 27.2 Å². The number of halogens is 1. The number of para-hydroxylation sites is 1. The van der Waals surface area contributed by atoms with E-state index in [1.165, 1.54) is 0 Å². The lowest BCUT2D eigenvalue weighted by molar-refractivity contribution is 0.512. The third-order valence-corrected chi connectivity index (χ3v) is 5.65. The highest BCUT2D eigenvalue weighted by Crippen LogP contribution is 2.24. The third-order valence-electron chi connectivity index (χ3n) is 5.10. The van der Waals surface area contributed by atoms with Crippen LogP contribution in [0.5, 0.6) is 0 Å². The van der Waals surface area contributed by atoms with Crippen LogP contribution in [0.15, 0.2) is 42.9 Å². The summed E-state index contributed by atoms with van der Waals surface area (Å²) >= 11 is 6.27. The highest BCUT2D eigenvalue weighted by atomic mass is 35.5. The molecule has 1 aromatic carbocycles. The molecule has 8 nitrogen and oxygen atoms in total. The van der Waals surface area contributed by atoms with Crippen molar-refractivity contribution >= 4 is 28.3 Å². The molecule has 5 aromatic rings. The molecule has 4 heterocycles. The van der Waals surface area contributed by atoms with Gasteiger partial charge in [-0.2, -0.15) is 10.2 Å². The van der Waals surface area contributed by atoms with Crippen LogP contribution in [-0.2, 0) is 6.54 Å². The summed E-state index contributed by atoms with van der Waals surface area (Å²) in [6.07, 6.45) is 3.47. The van der Waals surface area contributed by atoms with Crippen molar-refractivity contribution < 1.29 is 0 Å². The Kier molecular flexibility index (Phi) is 4.09. The largest absolute Gasteiger partial charge is 0.267 e. The molecule has 1 atom stereocenters. The predicted molar refractivity (Wildman–Crippen MR) is 111 cm³/mol. The van der Waals surface area contributed by atoms with E-state index in [4.69, 9.17) is 16.6 Å². The van der Waals surface area contributed by atoms with Gasteiger partial charge in [0.05, 0.1) is 40.2 Å². The molecular weight excluding hydrogens is 388 g/mol. The average molecular weight is 407 g/mol. The Morgan fingerprint density at radius 1 is 1.07 bits per heavy atom. The second-order valence-corrected chi connectivity index (χ2v) is 7.56. The zero-order valence-electron chi connectivity index (χ0n) is 16.3. The second kappa shape index (κ2) is 6.66. The summed E-state index contributed by atoms with van der Waals surface area (Å²) in [5, 5.41) is 15.2. The van der Waals surface area contributed by atoms with E-state index in [1.54, 1.807) is 17.0 Å². The van der Waals surface area contributed by atoms with E-state index >= 15 is 0 Å². The Bertz CT molecular complexity index is 1330. The second-order valence-electron chi connectivity index (χ2n) is 7.18. The molecule has 0 aliphatic heterocycles. The molecule has 0 spiro atoms. The molecule has 0 radical (unpaired) electrons. The van der Waals surface area contributed by atoms with Gasteiger partial charge in [0.25, 0.3) is 0 Å². The van der Waals surface area contributed by atoms with Crippen LogP contribution < -0.4 is 0 Å². The summed E-state index contributed by atoms with van der Waals surface area (Å²) in [6, 6.07) is 9.92. The molecule has 0 saturated carbocycles. The van der Waals surface area contributed by atoms with Crippen molar-refractivity contribution in [1.29, 1.82) is 0 Å². The van der Waals surface area contributed by atoms with Crippen molar-refractivity contribution in [1.82, 2.24) is 39.1 Å². The first kappa shape index (κ1) is 17.8. The van der Waals surface area contributed by atoms with Gasteiger partial charge in [-0.1, -0.05) is 36.7 Å². The summed E-state index contributed by atoms with van der Waals surface area (Å²) in [4.78, 5) is 9.34. The Hall–Kier alpha value is -3.26. The number of fused-ring (bicyclic) bond motifs is 3. The summed E-state index contributed by atoms with van der Waals surface area (Å²) < 4.78 is 5.43. The molecule has 0 saturated heterocycles. The van der Waals surface area contributed by atoms with Gasteiger partial charge in [0.1, 0.15) is 6.33 Å². The maximum Gasteiger partial charge on any atom is 0.170 e. The summed E-state index contributed by atoms with van der Waals surface area (Å²) in [7, 11) is 0. The minimum absolute atomic E-state index is 0.0585. The standard InChI is InChI=1S/C20H19ClN8/c1-12(10-27-14(3)17(21)13(2)25-27)18-24-20-16-9-23-29(15-7-5-4-6-8-15)19(16)22-11-28(20)26-18/h4-9,11-12H,10H2,1-3H3. The fourth-order valence-corrected chi connectivity index (χ4v) is 3.63. The van der Waals surface area contributed by atoms with E-state index < -0.39 is 0 Å². The van der Waals surface area contributed by atoms with Crippen molar-refractivity contribution in [3.8, 4) is 5.69 Å². The number of aryl methyl sites for hydroxylation is 1. The van der Waals surface area contributed by atoms with Crippen LogP contribution in [0.3, 0.4) is 0 Å². The lowest BCUT2D eigenvalue weighted by Gasteiger charge is -2.09. The topological polar surface area (TPSA) is 78.7 Å². The van der Waals surface area contributed by atoms with E-state index in [9.17, 15) is 0 Å². The molecule has 0 aliphatic rings.